The van der Waals surface area contributed by atoms with E-state index >= 15 is 0 Å². The quantitative estimate of drug-likeness (QED) is 0.874. The Labute approximate surface area is 128 Å². The predicted octanol–water partition coefficient (Wildman–Crippen LogP) is 3.39. The number of rotatable bonds is 5. The summed E-state index contributed by atoms with van der Waals surface area (Å²) in [6.07, 6.45) is -0.384. The molecule has 4 heteroatoms. The molecule has 2 N–H and O–H groups in total. The number of benzene rings is 1. The molecule has 1 aromatic carbocycles. The summed E-state index contributed by atoms with van der Waals surface area (Å²) >= 11 is 0. The van der Waals surface area contributed by atoms with Crippen molar-refractivity contribution >= 4 is 6.09 Å². The van der Waals surface area contributed by atoms with Gasteiger partial charge < -0.3 is 15.4 Å². The van der Waals surface area contributed by atoms with E-state index in [9.17, 15) is 4.79 Å². The van der Waals surface area contributed by atoms with Gasteiger partial charge in [0.1, 0.15) is 5.60 Å². The van der Waals surface area contributed by atoms with Gasteiger partial charge in [0.2, 0.25) is 0 Å². The van der Waals surface area contributed by atoms with Crippen LogP contribution in [-0.4, -0.2) is 23.8 Å². The van der Waals surface area contributed by atoms with Gasteiger partial charge in [0.25, 0.3) is 0 Å². The molecule has 0 bridgehead atoms. The third-order valence-electron chi connectivity index (χ3n) is 2.98. The van der Waals surface area contributed by atoms with Crippen molar-refractivity contribution in [1.82, 2.24) is 10.6 Å². The van der Waals surface area contributed by atoms with Gasteiger partial charge in [-0.3, -0.25) is 0 Å². The third-order valence-corrected chi connectivity index (χ3v) is 2.98. The van der Waals surface area contributed by atoms with Gasteiger partial charge in [-0.05, 0) is 52.7 Å². The molecule has 0 aliphatic rings. The maximum absolute atomic E-state index is 11.8. The second kappa shape index (κ2) is 6.94. The average molecular weight is 292 g/mol. The molecule has 0 fully saturated rings. The number of hydrogen-bond donors (Lipinski definition) is 2. The molecule has 0 aromatic heterocycles. The number of hydrogen-bond acceptors (Lipinski definition) is 3. The molecule has 1 rings (SSSR count). The van der Waals surface area contributed by atoms with E-state index in [1.54, 1.807) is 0 Å². The fourth-order valence-electron chi connectivity index (χ4n) is 1.94. The maximum Gasteiger partial charge on any atom is 0.408 e. The average Bonchev–Trinajstić information content (AvgIpc) is 2.27. The van der Waals surface area contributed by atoms with E-state index in [0.717, 1.165) is 6.54 Å². The molecule has 0 heterocycles. The smallest absolute Gasteiger partial charge is 0.408 e. The minimum absolute atomic E-state index is 0.370. The zero-order valence-corrected chi connectivity index (χ0v) is 14.0. The van der Waals surface area contributed by atoms with Crippen LogP contribution < -0.4 is 10.6 Å². The lowest BCUT2D eigenvalue weighted by Gasteiger charge is -2.29. The van der Waals surface area contributed by atoms with Crippen molar-refractivity contribution in [3.63, 3.8) is 0 Å². The Kier molecular flexibility index (Phi) is 5.78. The lowest BCUT2D eigenvalue weighted by atomic mass is 10.1. The van der Waals surface area contributed by atoms with Crippen LogP contribution >= 0.6 is 0 Å². The van der Waals surface area contributed by atoms with Crippen LogP contribution in [0.5, 0.6) is 0 Å². The Morgan fingerprint density at radius 2 is 1.76 bits per heavy atom. The van der Waals surface area contributed by atoms with E-state index < -0.39 is 5.60 Å². The van der Waals surface area contributed by atoms with Crippen molar-refractivity contribution in [2.24, 2.45) is 0 Å². The molecular weight excluding hydrogens is 264 g/mol. The molecule has 118 valence electrons. The molecule has 1 amide bonds. The maximum atomic E-state index is 11.8. The van der Waals surface area contributed by atoms with Gasteiger partial charge in [-0.25, -0.2) is 4.79 Å². The lowest BCUT2D eigenvalue weighted by molar-refractivity contribution is 0.0472. The summed E-state index contributed by atoms with van der Waals surface area (Å²) < 4.78 is 5.28. The van der Waals surface area contributed by atoms with E-state index in [0.29, 0.717) is 6.54 Å². The summed E-state index contributed by atoms with van der Waals surface area (Å²) in [5, 5.41) is 6.27. The van der Waals surface area contributed by atoms with E-state index in [4.69, 9.17) is 4.74 Å². The molecule has 21 heavy (non-hydrogen) atoms. The summed E-state index contributed by atoms with van der Waals surface area (Å²) in [7, 11) is 0. The number of amides is 1. The molecule has 1 aromatic rings. The monoisotopic (exact) mass is 292 g/mol. The summed E-state index contributed by atoms with van der Waals surface area (Å²) in [5.41, 5.74) is 1.69. The van der Waals surface area contributed by atoms with E-state index in [2.05, 4.69) is 29.7 Å². The van der Waals surface area contributed by atoms with Crippen LogP contribution in [0.1, 0.15) is 45.7 Å². The van der Waals surface area contributed by atoms with Crippen LogP contribution in [0, 0.1) is 6.92 Å². The molecule has 0 saturated carbocycles. The van der Waals surface area contributed by atoms with Crippen molar-refractivity contribution in [3.05, 3.63) is 35.4 Å². The highest BCUT2D eigenvalue weighted by atomic mass is 16.6. The van der Waals surface area contributed by atoms with E-state index in [1.807, 2.05) is 46.8 Å². The highest BCUT2D eigenvalue weighted by Gasteiger charge is 2.24. The van der Waals surface area contributed by atoms with Crippen molar-refractivity contribution in [3.8, 4) is 0 Å². The SMILES string of the molecule is Cc1ccccc1CNCC(C)(C)NC(=O)OC(C)(C)C. The normalized spacial score (nSPS) is 12.1. The van der Waals surface area contributed by atoms with Gasteiger partial charge in [-0.15, -0.1) is 0 Å². The van der Waals surface area contributed by atoms with Crippen molar-refractivity contribution in [2.45, 2.75) is 59.2 Å². The fraction of sp³-hybridized carbons (Fsp3) is 0.588. The highest BCUT2D eigenvalue weighted by molar-refractivity contribution is 5.68. The van der Waals surface area contributed by atoms with Crippen molar-refractivity contribution in [1.29, 1.82) is 0 Å². The second-order valence-electron chi connectivity index (χ2n) is 7.04. The number of carbonyl (C=O) groups excluding carboxylic acids is 1. The Morgan fingerprint density at radius 3 is 2.33 bits per heavy atom. The van der Waals surface area contributed by atoms with Gasteiger partial charge in [0, 0.05) is 13.1 Å². The first-order valence-electron chi connectivity index (χ1n) is 7.35. The van der Waals surface area contributed by atoms with E-state index in [1.165, 1.54) is 11.1 Å². The Bertz CT molecular complexity index is 476. The number of carbonyl (C=O) groups is 1. The Morgan fingerprint density at radius 1 is 1.14 bits per heavy atom. The van der Waals surface area contributed by atoms with Crippen molar-refractivity contribution in [2.75, 3.05) is 6.54 Å². The van der Waals surface area contributed by atoms with E-state index in [-0.39, 0.29) is 11.6 Å². The molecule has 0 spiro atoms. The lowest BCUT2D eigenvalue weighted by Crippen LogP contribution is -2.51. The summed E-state index contributed by atoms with van der Waals surface area (Å²) in [4.78, 5) is 11.8. The third kappa shape index (κ3) is 7.14. The number of aryl methyl sites for hydroxylation is 1. The highest BCUT2D eigenvalue weighted by Crippen LogP contribution is 2.10. The zero-order chi connectivity index (χ0) is 16.1. The van der Waals surface area contributed by atoms with Gasteiger partial charge in [-0.2, -0.15) is 0 Å². The predicted molar refractivity (Wildman–Crippen MR) is 86.3 cm³/mol. The Balaban J connectivity index is 2.43. The van der Waals surface area contributed by atoms with Gasteiger partial charge in [-0.1, -0.05) is 24.3 Å². The summed E-state index contributed by atoms with van der Waals surface area (Å²) in [6.45, 7) is 13.1. The Hall–Kier alpha value is -1.55. The molecule has 0 radical (unpaired) electrons. The summed E-state index contributed by atoms with van der Waals surface area (Å²) in [5.74, 6) is 0. The standard InChI is InChI=1S/C17H28N2O2/c1-13-9-7-8-10-14(13)11-18-12-17(5,6)19-15(20)21-16(2,3)4/h7-10,18H,11-12H2,1-6H3,(H,19,20). The first kappa shape index (κ1) is 17.5. The van der Waals surface area contributed by atoms with Gasteiger partial charge in [0.05, 0.1) is 5.54 Å². The topological polar surface area (TPSA) is 50.4 Å². The first-order chi connectivity index (χ1) is 9.59. The summed E-state index contributed by atoms with van der Waals surface area (Å²) in [6, 6.07) is 8.28. The zero-order valence-electron chi connectivity index (χ0n) is 14.0. The second-order valence-corrected chi connectivity index (χ2v) is 7.04. The van der Waals surface area contributed by atoms with Crippen LogP contribution in [0.3, 0.4) is 0 Å². The molecule has 0 unspecified atom stereocenters. The molecule has 0 aliphatic heterocycles. The molecule has 0 saturated heterocycles. The minimum Gasteiger partial charge on any atom is -0.444 e. The van der Waals surface area contributed by atoms with Gasteiger partial charge in [0.15, 0.2) is 0 Å². The molecular formula is C17H28N2O2. The van der Waals surface area contributed by atoms with Crippen molar-refractivity contribution < 1.29 is 9.53 Å². The number of alkyl carbamates (subject to hydrolysis) is 1. The molecule has 4 nitrogen and oxygen atoms in total. The van der Waals surface area contributed by atoms with Crippen LogP contribution in [0.25, 0.3) is 0 Å². The van der Waals surface area contributed by atoms with Crippen LogP contribution in [0.15, 0.2) is 24.3 Å². The fourth-order valence-corrected chi connectivity index (χ4v) is 1.94. The molecule has 0 aliphatic carbocycles. The van der Waals surface area contributed by atoms with Crippen LogP contribution in [0.2, 0.25) is 0 Å². The molecule has 0 atom stereocenters. The largest absolute Gasteiger partial charge is 0.444 e. The number of ether oxygens (including phenoxy) is 1. The van der Waals surface area contributed by atoms with Gasteiger partial charge >= 0.3 is 6.09 Å². The first-order valence-corrected chi connectivity index (χ1v) is 7.35. The minimum atomic E-state index is -0.477. The number of nitrogens with one attached hydrogen (secondary N) is 2. The van der Waals surface area contributed by atoms with Crippen LogP contribution in [0.4, 0.5) is 4.79 Å². The van der Waals surface area contributed by atoms with Crippen LogP contribution in [-0.2, 0) is 11.3 Å².